The van der Waals surface area contributed by atoms with Gasteiger partial charge in [0.05, 0.1) is 34.7 Å². The van der Waals surface area contributed by atoms with E-state index < -0.39 is 27.2 Å². The molecule has 0 aromatic heterocycles. The number of carbonyl (C=O) groups excluding carboxylic acids is 1. The number of rotatable bonds is 10. The van der Waals surface area contributed by atoms with Crippen molar-refractivity contribution in [3.8, 4) is 5.75 Å². The van der Waals surface area contributed by atoms with Gasteiger partial charge in [0.2, 0.25) is 0 Å². The summed E-state index contributed by atoms with van der Waals surface area (Å²) < 4.78 is 10.9. The van der Waals surface area contributed by atoms with Gasteiger partial charge in [0, 0.05) is 18.6 Å². The molecule has 9 nitrogen and oxygen atoms in total. The lowest BCUT2D eigenvalue weighted by Gasteiger charge is -2.28. The molecule has 0 unspecified atom stereocenters. The van der Waals surface area contributed by atoms with Gasteiger partial charge in [-0.05, 0) is 55.2 Å². The maximum Gasteiger partial charge on any atom is 0.338 e. The fraction of sp³-hybridized carbons (Fsp3) is 0.458. The summed E-state index contributed by atoms with van der Waals surface area (Å²) in [7, 11) is 0. The molecule has 0 aliphatic heterocycles. The maximum absolute atomic E-state index is 12.2. The summed E-state index contributed by atoms with van der Waals surface area (Å²) in [6.07, 6.45) is 6.60. The first kappa shape index (κ1) is 24.2. The summed E-state index contributed by atoms with van der Waals surface area (Å²) in [6.45, 7) is 2.61. The molecule has 2 aromatic rings. The zero-order valence-corrected chi connectivity index (χ0v) is 18.6. The van der Waals surface area contributed by atoms with Crippen molar-refractivity contribution >= 4 is 17.3 Å². The van der Waals surface area contributed by atoms with Crippen molar-refractivity contribution < 1.29 is 24.1 Å². The number of hydrogen-bond acceptors (Lipinski definition) is 7. The molecule has 176 valence electrons. The van der Waals surface area contributed by atoms with Crippen LogP contribution in [-0.2, 0) is 4.74 Å². The number of carbonyl (C=O) groups is 1. The predicted octanol–water partition coefficient (Wildman–Crippen LogP) is 5.81. The van der Waals surface area contributed by atoms with Crippen LogP contribution in [0, 0.1) is 26.1 Å². The number of nitro groups is 2. The Hall–Kier alpha value is -3.49. The molecule has 0 saturated heterocycles. The van der Waals surface area contributed by atoms with E-state index in [1.165, 1.54) is 37.7 Å². The largest absolute Gasteiger partial charge is 0.493 e. The second-order valence-corrected chi connectivity index (χ2v) is 8.29. The van der Waals surface area contributed by atoms with E-state index in [1.807, 2.05) is 12.1 Å². The lowest BCUT2D eigenvalue weighted by molar-refractivity contribution is -0.394. The Balaban J connectivity index is 1.47. The van der Waals surface area contributed by atoms with E-state index in [4.69, 9.17) is 9.47 Å². The third-order valence-corrected chi connectivity index (χ3v) is 6.10. The highest BCUT2D eigenvalue weighted by molar-refractivity contribution is 5.91. The topological polar surface area (TPSA) is 122 Å². The molecule has 1 fully saturated rings. The lowest BCUT2D eigenvalue weighted by Crippen LogP contribution is -2.13. The fourth-order valence-corrected chi connectivity index (χ4v) is 4.18. The summed E-state index contributed by atoms with van der Waals surface area (Å²) >= 11 is 0. The summed E-state index contributed by atoms with van der Waals surface area (Å²) in [5, 5.41) is 21.9. The van der Waals surface area contributed by atoms with Crippen molar-refractivity contribution in [2.45, 2.75) is 51.4 Å². The second kappa shape index (κ2) is 11.4. The average Bonchev–Trinajstić information content (AvgIpc) is 2.83. The number of non-ortho nitro benzene ring substituents is 2. The van der Waals surface area contributed by atoms with E-state index in [0.29, 0.717) is 18.9 Å². The van der Waals surface area contributed by atoms with Gasteiger partial charge in [0.1, 0.15) is 5.75 Å². The first-order valence-electron chi connectivity index (χ1n) is 11.2. The maximum atomic E-state index is 12.2. The molecule has 0 amide bonds. The Morgan fingerprint density at radius 3 is 2.24 bits per heavy atom. The number of esters is 1. The normalized spacial score (nSPS) is 17.8. The number of hydrogen-bond donors (Lipinski definition) is 0. The highest BCUT2D eigenvalue weighted by Gasteiger charge is 2.22. The number of ether oxygens (including phenoxy) is 2. The van der Waals surface area contributed by atoms with E-state index in [-0.39, 0.29) is 12.2 Å². The van der Waals surface area contributed by atoms with Crippen LogP contribution in [0.15, 0.2) is 42.5 Å². The van der Waals surface area contributed by atoms with Gasteiger partial charge in [-0.2, -0.15) is 0 Å². The third-order valence-electron chi connectivity index (χ3n) is 6.10. The van der Waals surface area contributed by atoms with Crippen LogP contribution >= 0.6 is 0 Å². The Labute approximate surface area is 192 Å². The lowest BCUT2D eigenvalue weighted by atomic mass is 9.78. The highest BCUT2D eigenvalue weighted by atomic mass is 16.6. The highest BCUT2D eigenvalue weighted by Crippen LogP contribution is 2.37. The van der Waals surface area contributed by atoms with Gasteiger partial charge in [0.15, 0.2) is 0 Å². The smallest absolute Gasteiger partial charge is 0.338 e. The molecule has 0 spiro atoms. The minimum Gasteiger partial charge on any atom is -0.493 e. The Bertz CT molecular complexity index is 968. The van der Waals surface area contributed by atoms with Gasteiger partial charge in [-0.15, -0.1) is 0 Å². The van der Waals surface area contributed by atoms with Crippen LogP contribution in [0.2, 0.25) is 0 Å². The molecule has 9 heteroatoms. The second-order valence-electron chi connectivity index (χ2n) is 8.29. The van der Waals surface area contributed by atoms with Gasteiger partial charge in [-0.25, -0.2) is 4.79 Å². The zero-order chi connectivity index (χ0) is 23.8. The van der Waals surface area contributed by atoms with E-state index in [2.05, 4.69) is 19.1 Å². The van der Waals surface area contributed by atoms with E-state index >= 15 is 0 Å². The van der Waals surface area contributed by atoms with Crippen LogP contribution in [0.25, 0.3) is 0 Å². The van der Waals surface area contributed by atoms with Crippen molar-refractivity contribution in [3.05, 3.63) is 73.8 Å². The number of nitro benzene ring substituents is 2. The van der Waals surface area contributed by atoms with Crippen LogP contribution in [0.3, 0.4) is 0 Å². The molecule has 0 heterocycles. The van der Waals surface area contributed by atoms with Crippen LogP contribution in [0.1, 0.15) is 67.3 Å². The standard InChI is InChI=1S/C24H28N2O7/c1-2-17-7-9-18(10-8-17)19-5-3-6-23(15-19)32-11-4-12-33-24(27)20-13-21(25(28)29)16-22(14-20)26(30)31/h3,5-6,13-18H,2,4,7-12H2,1H3. The van der Waals surface area contributed by atoms with Crippen molar-refractivity contribution in [3.63, 3.8) is 0 Å². The molecule has 2 aromatic carbocycles. The van der Waals surface area contributed by atoms with Crippen molar-refractivity contribution in [2.75, 3.05) is 13.2 Å². The summed E-state index contributed by atoms with van der Waals surface area (Å²) in [4.78, 5) is 32.5. The van der Waals surface area contributed by atoms with E-state index in [9.17, 15) is 25.0 Å². The zero-order valence-electron chi connectivity index (χ0n) is 18.6. The van der Waals surface area contributed by atoms with Crippen LogP contribution in [0.4, 0.5) is 11.4 Å². The molecule has 0 bridgehead atoms. The Morgan fingerprint density at radius 2 is 1.64 bits per heavy atom. The molecule has 0 radical (unpaired) electrons. The number of benzene rings is 2. The van der Waals surface area contributed by atoms with Gasteiger partial charge >= 0.3 is 5.97 Å². The van der Waals surface area contributed by atoms with Crippen molar-refractivity contribution in [2.24, 2.45) is 5.92 Å². The molecule has 1 aliphatic carbocycles. The molecule has 0 N–H and O–H groups in total. The van der Waals surface area contributed by atoms with Crippen LogP contribution in [-0.4, -0.2) is 29.0 Å². The van der Waals surface area contributed by atoms with Gasteiger partial charge in [-0.1, -0.05) is 25.5 Å². The molecular formula is C24H28N2O7. The SMILES string of the molecule is CCC1CCC(c2cccc(OCCCOC(=O)c3cc([N+](=O)[O-])cc([N+](=O)[O-])c3)c2)CC1. The molecule has 33 heavy (non-hydrogen) atoms. The van der Waals surface area contributed by atoms with Gasteiger partial charge < -0.3 is 9.47 Å². The molecule has 1 saturated carbocycles. The third kappa shape index (κ3) is 6.74. The summed E-state index contributed by atoms with van der Waals surface area (Å²) in [5.74, 6) is 1.32. The first-order chi connectivity index (χ1) is 15.9. The van der Waals surface area contributed by atoms with Crippen LogP contribution < -0.4 is 4.74 Å². The van der Waals surface area contributed by atoms with Crippen molar-refractivity contribution in [1.29, 1.82) is 0 Å². The number of nitrogens with zero attached hydrogens (tertiary/aromatic N) is 2. The Morgan fingerprint density at radius 1 is 0.970 bits per heavy atom. The first-order valence-corrected chi connectivity index (χ1v) is 11.2. The Kier molecular flexibility index (Phi) is 8.34. The van der Waals surface area contributed by atoms with Gasteiger partial charge in [0.25, 0.3) is 11.4 Å². The fourth-order valence-electron chi connectivity index (χ4n) is 4.18. The minimum absolute atomic E-state index is 0.0239. The van der Waals surface area contributed by atoms with Gasteiger partial charge in [-0.3, -0.25) is 20.2 Å². The van der Waals surface area contributed by atoms with E-state index in [0.717, 1.165) is 29.9 Å². The summed E-state index contributed by atoms with van der Waals surface area (Å²) in [6, 6.07) is 10.8. The predicted molar refractivity (Wildman–Crippen MR) is 122 cm³/mol. The molecule has 1 aliphatic rings. The molecule has 3 rings (SSSR count). The summed E-state index contributed by atoms with van der Waals surface area (Å²) in [5.41, 5.74) is -0.0202. The van der Waals surface area contributed by atoms with E-state index in [1.54, 1.807) is 0 Å². The quantitative estimate of drug-likeness (QED) is 0.191. The molecule has 0 atom stereocenters. The van der Waals surface area contributed by atoms with Crippen LogP contribution in [0.5, 0.6) is 5.75 Å². The minimum atomic E-state index is -0.855. The molecular weight excluding hydrogens is 428 g/mol. The monoisotopic (exact) mass is 456 g/mol. The van der Waals surface area contributed by atoms with Crippen molar-refractivity contribution in [1.82, 2.24) is 0 Å². The average molecular weight is 456 g/mol.